The van der Waals surface area contributed by atoms with Gasteiger partial charge in [0.05, 0.1) is 5.92 Å². The fraction of sp³-hybridized carbons (Fsp3) is 0.464. The van der Waals surface area contributed by atoms with Gasteiger partial charge in [0.25, 0.3) is 0 Å². The molecule has 2 amide bonds. The first-order valence-electron chi connectivity index (χ1n) is 12.5. The first-order chi connectivity index (χ1) is 16.8. The van der Waals surface area contributed by atoms with E-state index in [1.54, 1.807) is 6.92 Å². The maximum atomic E-state index is 12.5. The maximum Gasteiger partial charge on any atom is 0.407 e. The number of carboxylic acids is 1. The number of aliphatic carboxylic acids is 1. The summed E-state index contributed by atoms with van der Waals surface area (Å²) < 4.78 is 5.57. The molecule has 4 atom stereocenters. The molecule has 4 unspecified atom stereocenters. The van der Waals surface area contributed by atoms with Crippen molar-refractivity contribution in [2.45, 2.75) is 51.5 Å². The lowest BCUT2D eigenvalue weighted by molar-refractivity contribution is -0.141. The number of hydrogen-bond donors (Lipinski definition) is 3. The second-order valence-electron chi connectivity index (χ2n) is 9.89. The van der Waals surface area contributed by atoms with Crippen molar-refractivity contribution in [2.24, 2.45) is 17.8 Å². The van der Waals surface area contributed by atoms with E-state index in [0.29, 0.717) is 13.0 Å². The van der Waals surface area contributed by atoms with E-state index in [0.717, 1.165) is 19.3 Å². The van der Waals surface area contributed by atoms with Crippen molar-refractivity contribution >= 4 is 18.0 Å². The van der Waals surface area contributed by atoms with Gasteiger partial charge in [0.15, 0.2) is 0 Å². The topological polar surface area (TPSA) is 105 Å². The molecule has 35 heavy (non-hydrogen) atoms. The van der Waals surface area contributed by atoms with E-state index in [-0.39, 0.29) is 42.2 Å². The fourth-order valence-corrected chi connectivity index (χ4v) is 4.93. The van der Waals surface area contributed by atoms with Gasteiger partial charge in [0, 0.05) is 24.4 Å². The van der Waals surface area contributed by atoms with Gasteiger partial charge in [-0.2, -0.15) is 0 Å². The predicted octanol–water partition coefficient (Wildman–Crippen LogP) is 4.56. The molecule has 0 radical (unpaired) electrons. The SMILES string of the molecule is CC(CCCC(C)C(=O)O)NC(=O)C1CC1CNC(=O)OCC1c2ccccc2-c2ccccc21. The van der Waals surface area contributed by atoms with E-state index in [2.05, 4.69) is 34.9 Å². The van der Waals surface area contributed by atoms with Gasteiger partial charge in [-0.15, -0.1) is 0 Å². The molecule has 0 bridgehead atoms. The molecule has 4 rings (SSSR count). The van der Waals surface area contributed by atoms with Gasteiger partial charge < -0.3 is 20.5 Å². The number of ether oxygens (including phenoxy) is 1. The Morgan fingerprint density at radius 3 is 2.26 bits per heavy atom. The van der Waals surface area contributed by atoms with Gasteiger partial charge in [0.2, 0.25) is 5.91 Å². The van der Waals surface area contributed by atoms with Gasteiger partial charge >= 0.3 is 12.1 Å². The highest BCUT2D eigenvalue weighted by Crippen LogP contribution is 2.44. The molecule has 2 aliphatic rings. The highest BCUT2D eigenvalue weighted by Gasteiger charge is 2.43. The number of nitrogens with one attached hydrogen (secondary N) is 2. The van der Waals surface area contributed by atoms with Crippen LogP contribution in [-0.4, -0.2) is 42.3 Å². The van der Waals surface area contributed by atoms with Crippen LogP contribution in [0.3, 0.4) is 0 Å². The average molecular weight is 479 g/mol. The molecule has 0 aromatic heterocycles. The summed E-state index contributed by atoms with van der Waals surface area (Å²) in [6, 6.07) is 16.4. The molecule has 2 aromatic carbocycles. The van der Waals surface area contributed by atoms with Crippen molar-refractivity contribution in [2.75, 3.05) is 13.2 Å². The number of alkyl carbamates (subject to hydrolysis) is 1. The Kier molecular flexibility index (Phi) is 7.73. The Morgan fingerprint density at radius 2 is 1.63 bits per heavy atom. The van der Waals surface area contributed by atoms with Gasteiger partial charge in [-0.3, -0.25) is 9.59 Å². The number of rotatable bonds is 11. The monoisotopic (exact) mass is 478 g/mol. The molecule has 7 heteroatoms. The first-order valence-corrected chi connectivity index (χ1v) is 12.5. The summed E-state index contributed by atoms with van der Waals surface area (Å²) in [5, 5.41) is 14.8. The summed E-state index contributed by atoms with van der Waals surface area (Å²) >= 11 is 0. The van der Waals surface area contributed by atoms with Crippen LogP contribution in [0.15, 0.2) is 48.5 Å². The minimum Gasteiger partial charge on any atom is -0.481 e. The van der Waals surface area contributed by atoms with Crippen molar-refractivity contribution in [3.63, 3.8) is 0 Å². The zero-order valence-electron chi connectivity index (χ0n) is 20.3. The van der Waals surface area contributed by atoms with E-state index in [4.69, 9.17) is 9.84 Å². The van der Waals surface area contributed by atoms with E-state index in [1.165, 1.54) is 22.3 Å². The predicted molar refractivity (Wildman–Crippen MR) is 133 cm³/mol. The Hall–Kier alpha value is -3.35. The van der Waals surface area contributed by atoms with Crippen LogP contribution >= 0.6 is 0 Å². The molecule has 2 aromatic rings. The van der Waals surface area contributed by atoms with Crippen molar-refractivity contribution in [3.05, 3.63) is 59.7 Å². The van der Waals surface area contributed by atoms with Crippen molar-refractivity contribution in [1.29, 1.82) is 0 Å². The van der Waals surface area contributed by atoms with E-state index >= 15 is 0 Å². The lowest BCUT2D eigenvalue weighted by Gasteiger charge is -2.15. The highest BCUT2D eigenvalue weighted by molar-refractivity contribution is 5.82. The molecule has 0 heterocycles. The van der Waals surface area contributed by atoms with E-state index in [9.17, 15) is 14.4 Å². The van der Waals surface area contributed by atoms with Crippen LogP contribution in [0.4, 0.5) is 4.79 Å². The molecule has 1 saturated carbocycles. The van der Waals surface area contributed by atoms with E-state index in [1.807, 2.05) is 31.2 Å². The van der Waals surface area contributed by atoms with Gasteiger partial charge in [-0.25, -0.2) is 4.79 Å². The molecule has 2 aliphatic carbocycles. The number of carbonyl (C=O) groups excluding carboxylic acids is 2. The number of amides is 2. The molecule has 7 nitrogen and oxygen atoms in total. The molecule has 3 N–H and O–H groups in total. The third-order valence-corrected chi connectivity index (χ3v) is 7.20. The molecule has 0 spiro atoms. The minimum atomic E-state index is -0.786. The molecule has 1 fully saturated rings. The maximum absolute atomic E-state index is 12.5. The van der Waals surface area contributed by atoms with Crippen LogP contribution in [0.5, 0.6) is 0 Å². The largest absolute Gasteiger partial charge is 0.481 e. The Morgan fingerprint density at radius 1 is 1.00 bits per heavy atom. The third-order valence-electron chi connectivity index (χ3n) is 7.20. The minimum absolute atomic E-state index is 0.000152. The Balaban J connectivity index is 1.16. The van der Waals surface area contributed by atoms with Crippen molar-refractivity contribution in [1.82, 2.24) is 10.6 Å². The summed E-state index contributed by atoms with van der Waals surface area (Å²) in [4.78, 5) is 35.7. The second kappa shape index (κ2) is 10.9. The average Bonchev–Trinajstić information content (AvgIpc) is 3.56. The lowest BCUT2D eigenvalue weighted by atomic mass is 9.98. The van der Waals surface area contributed by atoms with Crippen LogP contribution in [0.1, 0.15) is 56.6 Å². The van der Waals surface area contributed by atoms with Crippen LogP contribution in [-0.2, 0) is 14.3 Å². The highest BCUT2D eigenvalue weighted by atomic mass is 16.5. The molecule has 0 saturated heterocycles. The Labute approximate surface area is 206 Å². The van der Waals surface area contributed by atoms with Gasteiger partial charge in [-0.05, 0) is 54.4 Å². The van der Waals surface area contributed by atoms with Crippen molar-refractivity contribution < 1.29 is 24.2 Å². The molecular formula is C28H34N2O5. The molecule has 0 aliphatic heterocycles. The number of hydrogen-bond acceptors (Lipinski definition) is 4. The summed E-state index contributed by atoms with van der Waals surface area (Å²) in [6.45, 7) is 4.32. The summed E-state index contributed by atoms with van der Waals surface area (Å²) in [6.07, 6.45) is 2.40. The Bertz CT molecular complexity index is 1040. The van der Waals surface area contributed by atoms with Gasteiger partial charge in [-0.1, -0.05) is 61.9 Å². The lowest BCUT2D eigenvalue weighted by Crippen LogP contribution is -2.35. The van der Waals surface area contributed by atoms with Crippen LogP contribution in [0.2, 0.25) is 0 Å². The number of carbonyl (C=O) groups is 3. The number of carboxylic acid groups (broad SMARTS) is 1. The van der Waals surface area contributed by atoms with Crippen LogP contribution < -0.4 is 10.6 Å². The molecular weight excluding hydrogens is 444 g/mol. The zero-order chi connectivity index (χ0) is 24.9. The van der Waals surface area contributed by atoms with Crippen molar-refractivity contribution in [3.8, 4) is 11.1 Å². The molecule has 186 valence electrons. The van der Waals surface area contributed by atoms with Gasteiger partial charge in [0.1, 0.15) is 6.61 Å². The third kappa shape index (κ3) is 6.02. The summed E-state index contributed by atoms with van der Waals surface area (Å²) in [7, 11) is 0. The van der Waals surface area contributed by atoms with E-state index < -0.39 is 12.1 Å². The van der Waals surface area contributed by atoms with Crippen LogP contribution in [0, 0.1) is 17.8 Å². The normalized spacial score (nSPS) is 19.7. The smallest absolute Gasteiger partial charge is 0.407 e. The first kappa shape index (κ1) is 24.8. The summed E-state index contributed by atoms with van der Waals surface area (Å²) in [5.41, 5.74) is 4.73. The second-order valence-corrected chi connectivity index (χ2v) is 9.89. The quantitative estimate of drug-likeness (QED) is 0.439. The summed E-state index contributed by atoms with van der Waals surface area (Å²) in [5.74, 6) is -1.10. The number of fused-ring (bicyclic) bond motifs is 3. The zero-order valence-corrected chi connectivity index (χ0v) is 20.3. The van der Waals surface area contributed by atoms with Crippen LogP contribution in [0.25, 0.3) is 11.1 Å². The number of benzene rings is 2. The fourth-order valence-electron chi connectivity index (χ4n) is 4.93. The standard InChI is InChI=1S/C28H34N2O5/c1-17(27(32)33)8-7-9-18(2)30-26(31)24-14-19(24)15-29-28(34)35-16-25-22-12-5-3-10-20(22)21-11-4-6-13-23(21)25/h3-6,10-13,17-19,24-25H,7-9,14-16H2,1-2H3,(H,29,34)(H,30,31)(H,32,33).